The number of hydrogen-bond donors (Lipinski definition) is 0. The molecule has 0 unspecified atom stereocenters. The molecule has 0 aliphatic carbocycles. The van der Waals surface area contributed by atoms with Gasteiger partial charge in [-0.25, -0.2) is 9.07 Å². The number of amides is 2. The molecule has 1 fully saturated rings. The van der Waals surface area contributed by atoms with Crippen molar-refractivity contribution in [2.24, 2.45) is 0 Å². The molecule has 0 N–H and O–H groups in total. The smallest absolute Gasteiger partial charge is 0.299 e. The highest BCUT2D eigenvalue weighted by atomic mass is 19.1. The number of nitrogens with zero attached hydrogens (tertiary/aromatic N) is 5. The van der Waals surface area contributed by atoms with Crippen molar-refractivity contribution >= 4 is 35.0 Å². The second-order valence-corrected chi connectivity index (χ2v) is 9.32. The normalized spacial score (nSPS) is 18.8. The van der Waals surface area contributed by atoms with Gasteiger partial charge in [0.2, 0.25) is 0 Å². The van der Waals surface area contributed by atoms with E-state index >= 15 is 0 Å². The Bertz CT molecular complexity index is 1600. The van der Waals surface area contributed by atoms with E-state index in [1.807, 2.05) is 73.7 Å². The zero-order chi connectivity index (χ0) is 26.4. The lowest BCUT2D eigenvalue weighted by Crippen LogP contribution is -2.61. The van der Waals surface area contributed by atoms with Crippen molar-refractivity contribution < 1.29 is 18.8 Å². The van der Waals surface area contributed by atoms with Crippen molar-refractivity contribution in [3.8, 4) is 0 Å². The van der Waals surface area contributed by atoms with E-state index in [0.29, 0.717) is 11.4 Å². The van der Waals surface area contributed by atoms with Gasteiger partial charge in [0.05, 0.1) is 30.0 Å². The summed E-state index contributed by atoms with van der Waals surface area (Å²) in [7, 11) is 0. The molecule has 188 valence electrons. The minimum absolute atomic E-state index is 0.0245. The van der Waals surface area contributed by atoms with Gasteiger partial charge in [0.1, 0.15) is 11.5 Å². The highest BCUT2D eigenvalue weighted by molar-refractivity contribution is 6.52. The molecule has 2 aliphatic heterocycles. The molecule has 9 heteroatoms. The van der Waals surface area contributed by atoms with Gasteiger partial charge in [-0.2, -0.15) is 0 Å². The second kappa shape index (κ2) is 9.19. The summed E-state index contributed by atoms with van der Waals surface area (Å²) >= 11 is 0. The largest absolute Gasteiger partial charge is 0.301 e. The number of fused-ring (bicyclic) bond motifs is 1. The first kappa shape index (κ1) is 23.5. The third-order valence-corrected chi connectivity index (χ3v) is 6.81. The molecule has 0 saturated carbocycles. The maximum Gasteiger partial charge on any atom is 0.299 e. The van der Waals surface area contributed by atoms with E-state index in [0.717, 1.165) is 22.9 Å². The number of aromatic nitrogens is 3. The summed E-state index contributed by atoms with van der Waals surface area (Å²) in [4.78, 5) is 41.2. The van der Waals surface area contributed by atoms with E-state index in [-0.39, 0.29) is 24.1 Å². The molecule has 3 heterocycles. The molecule has 6 rings (SSSR count). The molecule has 0 bridgehead atoms. The Morgan fingerprint density at radius 3 is 2.50 bits per heavy atom. The van der Waals surface area contributed by atoms with Gasteiger partial charge >= 0.3 is 0 Å². The monoisotopic (exact) mass is 507 g/mol. The number of ketones is 1. The summed E-state index contributed by atoms with van der Waals surface area (Å²) in [6.45, 7) is 1.96. The van der Waals surface area contributed by atoms with Crippen molar-refractivity contribution in [1.82, 2.24) is 15.0 Å². The van der Waals surface area contributed by atoms with Gasteiger partial charge in [-0.3, -0.25) is 19.3 Å². The first-order valence-electron chi connectivity index (χ1n) is 12.1. The molecule has 3 aromatic carbocycles. The predicted octanol–water partition coefficient (Wildman–Crippen LogP) is 4.13. The van der Waals surface area contributed by atoms with Crippen LogP contribution in [0.25, 0.3) is 6.08 Å². The van der Waals surface area contributed by atoms with Gasteiger partial charge in [-0.05, 0) is 42.8 Å². The van der Waals surface area contributed by atoms with Crippen LogP contribution in [-0.2, 0) is 16.1 Å². The summed E-state index contributed by atoms with van der Waals surface area (Å²) in [6, 6.07) is 20.2. The Morgan fingerprint density at radius 1 is 0.974 bits per heavy atom. The van der Waals surface area contributed by atoms with Gasteiger partial charge in [-0.15, -0.1) is 5.10 Å². The summed E-state index contributed by atoms with van der Waals surface area (Å²) in [5, 5.41) is 8.36. The Morgan fingerprint density at radius 2 is 1.74 bits per heavy atom. The van der Waals surface area contributed by atoms with E-state index in [4.69, 9.17) is 0 Å². The molecule has 2 aliphatic rings. The quantitative estimate of drug-likeness (QED) is 0.289. The van der Waals surface area contributed by atoms with Gasteiger partial charge in [-0.1, -0.05) is 65.4 Å². The van der Waals surface area contributed by atoms with E-state index < -0.39 is 23.5 Å². The van der Waals surface area contributed by atoms with Gasteiger partial charge < -0.3 is 4.90 Å². The summed E-state index contributed by atoms with van der Waals surface area (Å²) in [5.74, 6) is -2.25. The Balaban J connectivity index is 1.28. The first-order chi connectivity index (χ1) is 18.4. The molecule has 38 heavy (non-hydrogen) atoms. The summed E-state index contributed by atoms with van der Waals surface area (Å²) < 4.78 is 15.1. The molecule has 0 radical (unpaired) electrons. The highest BCUT2D eigenvalue weighted by Gasteiger charge is 2.49. The SMILES string of the molecule is Cc1ccc(N2C(=O)[C@@H](n3cc(CN4C(=O)C(=O)c5cc(F)ccc54)nn3)[C@H]2/C=C/c2ccccc2)cc1. The predicted molar refractivity (Wildman–Crippen MR) is 139 cm³/mol. The van der Waals surface area contributed by atoms with Gasteiger partial charge in [0.15, 0.2) is 6.04 Å². The first-order valence-corrected chi connectivity index (χ1v) is 12.1. The fraction of sp³-hybridized carbons (Fsp3) is 0.138. The number of rotatable bonds is 6. The van der Waals surface area contributed by atoms with Crippen LogP contribution in [0.15, 0.2) is 85.1 Å². The van der Waals surface area contributed by atoms with Crippen LogP contribution in [0.3, 0.4) is 0 Å². The number of aryl methyl sites for hydroxylation is 1. The van der Waals surface area contributed by atoms with Crippen LogP contribution in [0.1, 0.15) is 33.2 Å². The van der Waals surface area contributed by atoms with Crippen LogP contribution >= 0.6 is 0 Å². The highest BCUT2D eigenvalue weighted by Crippen LogP contribution is 2.37. The number of carbonyl (C=O) groups is 3. The van der Waals surface area contributed by atoms with Gasteiger partial charge in [0.25, 0.3) is 17.6 Å². The number of benzene rings is 3. The van der Waals surface area contributed by atoms with Crippen molar-refractivity contribution in [2.75, 3.05) is 9.80 Å². The Labute approximate surface area is 217 Å². The zero-order valence-electron chi connectivity index (χ0n) is 20.4. The van der Waals surface area contributed by atoms with E-state index in [2.05, 4.69) is 10.3 Å². The minimum Gasteiger partial charge on any atom is -0.301 e. The third kappa shape index (κ3) is 3.98. The topological polar surface area (TPSA) is 88.4 Å². The molecular formula is C29H22FN5O3. The summed E-state index contributed by atoms with van der Waals surface area (Å²) in [6.07, 6.45) is 5.54. The molecule has 1 aromatic heterocycles. The molecular weight excluding hydrogens is 485 g/mol. The molecule has 0 spiro atoms. The molecule has 8 nitrogen and oxygen atoms in total. The average Bonchev–Trinajstić information content (AvgIpc) is 3.46. The van der Waals surface area contributed by atoms with E-state index in [1.54, 1.807) is 11.1 Å². The number of hydrogen-bond acceptors (Lipinski definition) is 5. The van der Waals surface area contributed by atoms with Gasteiger partial charge in [0, 0.05) is 5.69 Å². The molecule has 4 aromatic rings. The number of β-lactam (4-membered cyclic amide) rings is 1. The second-order valence-electron chi connectivity index (χ2n) is 9.32. The van der Waals surface area contributed by atoms with Crippen LogP contribution in [0.5, 0.6) is 0 Å². The van der Waals surface area contributed by atoms with E-state index in [9.17, 15) is 18.8 Å². The van der Waals surface area contributed by atoms with Crippen molar-refractivity contribution in [2.45, 2.75) is 25.6 Å². The van der Waals surface area contributed by atoms with Crippen LogP contribution in [0, 0.1) is 12.7 Å². The Hall–Kier alpha value is -4.92. The fourth-order valence-corrected chi connectivity index (χ4v) is 4.85. The Kier molecular flexibility index (Phi) is 5.68. The van der Waals surface area contributed by atoms with Crippen LogP contribution in [0.4, 0.5) is 15.8 Å². The third-order valence-electron chi connectivity index (χ3n) is 6.81. The average molecular weight is 508 g/mol. The lowest BCUT2D eigenvalue weighted by molar-refractivity contribution is -0.128. The minimum atomic E-state index is -0.763. The van der Waals surface area contributed by atoms with Crippen molar-refractivity contribution in [3.63, 3.8) is 0 Å². The van der Waals surface area contributed by atoms with Crippen molar-refractivity contribution in [1.29, 1.82) is 0 Å². The standard InChI is InChI=1S/C29H22FN5O3/c1-18-7-11-22(12-8-18)35-25(13-9-19-5-3-2-4-6-19)26(28(35)37)34-17-21(31-32-34)16-33-24-14-10-20(30)15-23(24)27(36)29(33)38/h2-15,17,25-26H,16H2,1H3/b13-9+/t25-,26+/m1/s1. The maximum atomic E-state index is 13.6. The van der Waals surface area contributed by atoms with Crippen LogP contribution in [0.2, 0.25) is 0 Å². The number of anilines is 2. The molecule has 1 saturated heterocycles. The maximum absolute atomic E-state index is 13.6. The number of Topliss-reactive ketones (excluding diaryl/α,β-unsaturated/α-hetero) is 1. The molecule has 2 amide bonds. The van der Waals surface area contributed by atoms with E-state index in [1.165, 1.54) is 21.7 Å². The fourth-order valence-electron chi connectivity index (χ4n) is 4.85. The zero-order valence-corrected chi connectivity index (χ0v) is 20.4. The molecule has 2 atom stereocenters. The lowest BCUT2D eigenvalue weighted by Gasteiger charge is -2.45. The summed E-state index contributed by atoms with van der Waals surface area (Å²) in [5.41, 5.74) is 3.62. The number of carbonyl (C=O) groups excluding carboxylic acids is 3. The van der Waals surface area contributed by atoms with Crippen LogP contribution < -0.4 is 9.80 Å². The van der Waals surface area contributed by atoms with Crippen LogP contribution in [-0.4, -0.2) is 38.6 Å². The van der Waals surface area contributed by atoms with Crippen molar-refractivity contribution in [3.05, 3.63) is 113 Å². The number of halogens is 1. The lowest BCUT2D eigenvalue weighted by atomic mass is 9.92.